The van der Waals surface area contributed by atoms with Crippen LogP contribution in [0.4, 0.5) is 0 Å². The Hall–Kier alpha value is -0.720. The summed E-state index contributed by atoms with van der Waals surface area (Å²) in [4.78, 5) is 11.6. The van der Waals surface area contributed by atoms with Crippen LogP contribution in [-0.2, 0) is 14.8 Å². The van der Waals surface area contributed by atoms with Gasteiger partial charge in [-0.1, -0.05) is 12.1 Å². The van der Waals surface area contributed by atoms with Gasteiger partial charge in [-0.05, 0) is 47.8 Å². The minimum Gasteiger partial charge on any atom is -0.300 e. The summed E-state index contributed by atoms with van der Waals surface area (Å²) < 4.78 is 27.0. The van der Waals surface area contributed by atoms with Gasteiger partial charge in [0.1, 0.15) is 5.78 Å². The predicted molar refractivity (Wildman–Crippen MR) is 76.3 cm³/mol. The molecular weight excluding hydrogens is 330 g/mol. The highest BCUT2D eigenvalue weighted by Crippen LogP contribution is 2.28. The van der Waals surface area contributed by atoms with Gasteiger partial charge in [0.05, 0.1) is 4.90 Å². The quantitative estimate of drug-likeness (QED) is 0.845. The van der Waals surface area contributed by atoms with E-state index in [2.05, 4.69) is 15.9 Å². The number of carbonyl (C=O) groups is 1. The molecular formula is C13H16BrNO3S. The number of carbonyl (C=O) groups excluding carboxylic acids is 1. The van der Waals surface area contributed by atoms with Gasteiger partial charge in [0.25, 0.3) is 0 Å². The molecule has 2 rings (SSSR count). The predicted octanol–water partition coefficient (Wildman–Crippen LogP) is 2.44. The van der Waals surface area contributed by atoms with Gasteiger partial charge in [-0.25, -0.2) is 8.42 Å². The first-order valence-electron chi connectivity index (χ1n) is 6.18. The highest BCUT2D eigenvalue weighted by atomic mass is 79.9. The molecule has 1 aromatic rings. The molecule has 0 spiro atoms. The summed E-state index contributed by atoms with van der Waals surface area (Å²) in [5.41, 5.74) is 0. The van der Waals surface area contributed by atoms with E-state index in [9.17, 15) is 13.2 Å². The molecule has 0 unspecified atom stereocenters. The average Bonchev–Trinajstić information content (AvgIpc) is 2.39. The molecule has 6 heteroatoms. The second-order valence-corrected chi connectivity index (χ2v) is 7.48. The van der Waals surface area contributed by atoms with E-state index in [1.54, 1.807) is 31.2 Å². The van der Waals surface area contributed by atoms with Crippen molar-refractivity contribution in [2.45, 2.75) is 24.7 Å². The molecule has 0 aromatic heterocycles. The maximum atomic E-state index is 12.5. The van der Waals surface area contributed by atoms with Crippen LogP contribution < -0.4 is 0 Å². The number of benzene rings is 1. The molecule has 1 aliphatic heterocycles. The van der Waals surface area contributed by atoms with Crippen molar-refractivity contribution in [3.63, 3.8) is 0 Å². The minimum absolute atomic E-state index is 0.00524. The van der Waals surface area contributed by atoms with Crippen LogP contribution in [0.15, 0.2) is 33.6 Å². The number of hydrogen-bond acceptors (Lipinski definition) is 3. The Bertz CT molecular complexity index is 577. The fraction of sp³-hybridized carbons (Fsp3) is 0.462. The smallest absolute Gasteiger partial charge is 0.244 e. The third-order valence-corrected chi connectivity index (χ3v) is 6.39. The molecule has 1 heterocycles. The third-order valence-electron chi connectivity index (χ3n) is 3.48. The van der Waals surface area contributed by atoms with Gasteiger partial charge in [0, 0.05) is 23.5 Å². The van der Waals surface area contributed by atoms with Crippen molar-refractivity contribution in [3.8, 4) is 0 Å². The molecule has 0 bridgehead atoms. The van der Waals surface area contributed by atoms with Crippen molar-refractivity contribution >= 4 is 31.7 Å². The van der Waals surface area contributed by atoms with E-state index >= 15 is 0 Å². The zero-order chi connectivity index (χ0) is 14.0. The highest BCUT2D eigenvalue weighted by molar-refractivity contribution is 9.10. The monoisotopic (exact) mass is 345 g/mol. The zero-order valence-electron chi connectivity index (χ0n) is 10.7. The van der Waals surface area contributed by atoms with Gasteiger partial charge >= 0.3 is 0 Å². The average molecular weight is 346 g/mol. The van der Waals surface area contributed by atoms with Crippen molar-refractivity contribution in [1.82, 2.24) is 4.31 Å². The number of rotatable bonds is 3. The molecule has 0 atom stereocenters. The van der Waals surface area contributed by atoms with E-state index in [-0.39, 0.29) is 16.6 Å². The van der Waals surface area contributed by atoms with Crippen molar-refractivity contribution < 1.29 is 13.2 Å². The Morgan fingerprint density at radius 3 is 2.37 bits per heavy atom. The number of sulfonamides is 1. The summed E-state index contributed by atoms with van der Waals surface area (Å²) in [6.07, 6.45) is 1.22. The van der Waals surface area contributed by atoms with Crippen molar-refractivity contribution in [1.29, 1.82) is 0 Å². The highest BCUT2D eigenvalue weighted by Gasteiger charge is 2.31. The van der Waals surface area contributed by atoms with Crippen LogP contribution in [0.5, 0.6) is 0 Å². The Kier molecular flexibility index (Phi) is 4.43. The Morgan fingerprint density at radius 1 is 1.26 bits per heavy atom. The summed E-state index contributed by atoms with van der Waals surface area (Å²) in [5.74, 6) is 0.156. The number of ketones is 1. The van der Waals surface area contributed by atoms with Gasteiger partial charge in [-0.15, -0.1) is 0 Å². The largest absolute Gasteiger partial charge is 0.300 e. The van der Waals surface area contributed by atoms with Gasteiger partial charge in [0.2, 0.25) is 10.0 Å². The molecule has 1 fully saturated rings. The van der Waals surface area contributed by atoms with Crippen LogP contribution in [0, 0.1) is 5.92 Å². The molecule has 104 valence electrons. The summed E-state index contributed by atoms with van der Waals surface area (Å²) in [6, 6.07) is 6.80. The van der Waals surface area contributed by atoms with Crippen LogP contribution >= 0.6 is 15.9 Å². The van der Waals surface area contributed by atoms with E-state index in [0.717, 1.165) is 0 Å². The minimum atomic E-state index is -3.47. The van der Waals surface area contributed by atoms with E-state index in [0.29, 0.717) is 30.4 Å². The fourth-order valence-electron chi connectivity index (χ4n) is 2.30. The zero-order valence-corrected chi connectivity index (χ0v) is 13.1. The molecule has 1 saturated heterocycles. The molecule has 0 saturated carbocycles. The summed E-state index contributed by atoms with van der Waals surface area (Å²) >= 11 is 3.27. The molecule has 4 nitrogen and oxygen atoms in total. The van der Waals surface area contributed by atoms with E-state index in [4.69, 9.17) is 0 Å². The van der Waals surface area contributed by atoms with Crippen LogP contribution in [0.1, 0.15) is 19.8 Å². The Balaban J connectivity index is 2.19. The lowest BCUT2D eigenvalue weighted by Crippen LogP contribution is -2.39. The Morgan fingerprint density at radius 2 is 1.84 bits per heavy atom. The van der Waals surface area contributed by atoms with Crippen LogP contribution in [0.2, 0.25) is 0 Å². The SMILES string of the molecule is CC(=O)C1CCN(S(=O)(=O)c2ccccc2Br)CC1. The maximum absolute atomic E-state index is 12.5. The molecule has 0 aliphatic carbocycles. The second-order valence-electron chi connectivity index (χ2n) is 4.72. The summed E-state index contributed by atoms with van der Waals surface area (Å²) in [7, 11) is -3.47. The molecule has 0 N–H and O–H groups in total. The number of Topliss-reactive ketones (excluding diaryl/α,β-unsaturated/α-hetero) is 1. The first-order valence-corrected chi connectivity index (χ1v) is 8.41. The first-order chi connectivity index (χ1) is 8.93. The summed E-state index contributed by atoms with van der Waals surface area (Å²) in [6.45, 7) is 2.39. The third kappa shape index (κ3) is 3.07. The topological polar surface area (TPSA) is 54.5 Å². The molecule has 1 aromatic carbocycles. The number of hydrogen-bond donors (Lipinski definition) is 0. The maximum Gasteiger partial charge on any atom is 0.244 e. The molecule has 19 heavy (non-hydrogen) atoms. The lowest BCUT2D eigenvalue weighted by atomic mass is 9.95. The van der Waals surface area contributed by atoms with Crippen molar-refractivity contribution in [2.75, 3.05) is 13.1 Å². The van der Waals surface area contributed by atoms with Crippen LogP contribution in [0.25, 0.3) is 0 Å². The molecule has 0 radical (unpaired) electrons. The van der Waals surface area contributed by atoms with E-state index in [1.165, 1.54) is 4.31 Å². The first kappa shape index (κ1) is 14.7. The van der Waals surface area contributed by atoms with E-state index < -0.39 is 10.0 Å². The van der Waals surface area contributed by atoms with Crippen LogP contribution in [-0.4, -0.2) is 31.6 Å². The lowest BCUT2D eigenvalue weighted by molar-refractivity contribution is -0.121. The fourth-order valence-corrected chi connectivity index (χ4v) is 4.73. The van der Waals surface area contributed by atoms with Crippen molar-refractivity contribution in [3.05, 3.63) is 28.7 Å². The van der Waals surface area contributed by atoms with E-state index in [1.807, 2.05) is 0 Å². The summed E-state index contributed by atoms with van der Waals surface area (Å²) in [5, 5.41) is 0. The number of halogens is 1. The van der Waals surface area contributed by atoms with Gasteiger partial charge in [0.15, 0.2) is 0 Å². The van der Waals surface area contributed by atoms with Crippen molar-refractivity contribution in [2.24, 2.45) is 5.92 Å². The Labute approximate surface area is 122 Å². The lowest BCUT2D eigenvalue weighted by Gasteiger charge is -2.30. The van der Waals surface area contributed by atoms with Gasteiger partial charge < -0.3 is 0 Å². The van der Waals surface area contributed by atoms with Gasteiger partial charge in [-0.2, -0.15) is 4.31 Å². The normalized spacial score (nSPS) is 18.4. The standard InChI is InChI=1S/C13H16BrNO3S/c1-10(16)11-6-8-15(9-7-11)19(17,18)13-5-3-2-4-12(13)14/h2-5,11H,6-9H2,1H3. The van der Waals surface area contributed by atoms with Gasteiger partial charge in [-0.3, -0.25) is 4.79 Å². The number of nitrogens with zero attached hydrogens (tertiary/aromatic N) is 1. The van der Waals surface area contributed by atoms with Crippen LogP contribution in [0.3, 0.4) is 0 Å². The molecule has 1 aliphatic rings. The number of piperidine rings is 1. The molecule has 0 amide bonds. The second kappa shape index (κ2) is 5.73.